The average Bonchev–Trinajstić information content (AvgIpc) is 3.25. The summed E-state index contributed by atoms with van der Waals surface area (Å²) in [4.78, 5) is 30.2. The summed E-state index contributed by atoms with van der Waals surface area (Å²) >= 11 is 0. The Labute approximate surface area is 231 Å². The number of rotatable bonds is 10. The lowest BCUT2D eigenvalue weighted by atomic mass is 9.98. The highest BCUT2D eigenvalue weighted by atomic mass is 16.6. The van der Waals surface area contributed by atoms with Gasteiger partial charge in [0.15, 0.2) is 0 Å². The van der Waals surface area contributed by atoms with Crippen LogP contribution in [0.1, 0.15) is 58.6 Å². The number of hydrogen-bond acceptors (Lipinski definition) is 7. The van der Waals surface area contributed by atoms with Crippen LogP contribution in [0.3, 0.4) is 0 Å². The van der Waals surface area contributed by atoms with Crippen molar-refractivity contribution in [2.24, 2.45) is 10.8 Å². The van der Waals surface area contributed by atoms with E-state index in [1.54, 1.807) is 24.3 Å². The van der Waals surface area contributed by atoms with Gasteiger partial charge in [-0.1, -0.05) is 71.9 Å². The van der Waals surface area contributed by atoms with E-state index in [-0.39, 0.29) is 29.6 Å². The highest BCUT2D eigenvalue weighted by molar-refractivity contribution is 6.17. The summed E-state index contributed by atoms with van der Waals surface area (Å²) in [5, 5.41) is 0. The first kappa shape index (κ1) is 29.7. The maximum absolute atomic E-state index is 12.8. The molecule has 0 fully saturated rings. The molecule has 0 saturated carbocycles. The number of oxazole rings is 1. The third kappa shape index (κ3) is 9.74. The van der Waals surface area contributed by atoms with Gasteiger partial charge in [0, 0.05) is 12.0 Å². The van der Waals surface area contributed by atoms with Gasteiger partial charge >= 0.3 is 11.9 Å². The molecular weight excluding hydrogens is 494 g/mol. The Hall–Kier alpha value is -3.87. The maximum atomic E-state index is 12.8. The van der Waals surface area contributed by atoms with Gasteiger partial charge in [-0.3, -0.25) is 0 Å². The molecule has 1 aromatic heterocycles. The summed E-state index contributed by atoms with van der Waals surface area (Å²) in [6.07, 6.45) is 2.08. The smallest absolute Gasteiger partial charge is 0.345 e. The van der Waals surface area contributed by atoms with Gasteiger partial charge in [0.2, 0.25) is 5.89 Å². The van der Waals surface area contributed by atoms with Gasteiger partial charge in [0.25, 0.3) is 0 Å². The van der Waals surface area contributed by atoms with Crippen LogP contribution in [0.2, 0.25) is 0 Å². The summed E-state index contributed by atoms with van der Waals surface area (Å²) in [5.41, 5.74) is 1.82. The zero-order chi connectivity index (χ0) is 28.6. The quantitative estimate of drug-likeness (QED) is 0.122. The van der Waals surface area contributed by atoms with Gasteiger partial charge in [-0.2, -0.15) is 0 Å². The van der Waals surface area contributed by atoms with Crippen LogP contribution in [0.25, 0.3) is 17.5 Å². The lowest BCUT2D eigenvalue weighted by molar-refractivity contribution is -0.149. The molecule has 7 heteroatoms. The van der Waals surface area contributed by atoms with Crippen LogP contribution < -0.4 is 4.74 Å². The number of hydrogen-bond donors (Lipinski definition) is 0. The summed E-state index contributed by atoms with van der Waals surface area (Å²) in [6.45, 7) is 14.4. The molecule has 39 heavy (non-hydrogen) atoms. The fraction of sp³-hybridized carbons (Fsp3) is 0.406. The predicted molar refractivity (Wildman–Crippen MR) is 151 cm³/mol. The number of carbonyl (C=O) groups is 2. The zero-order valence-electron chi connectivity index (χ0n) is 24.0. The lowest BCUT2D eigenvalue weighted by Crippen LogP contribution is -2.25. The Morgan fingerprint density at radius 3 is 1.95 bits per heavy atom. The van der Waals surface area contributed by atoms with Gasteiger partial charge in [-0.25, -0.2) is 14.6 Å². The zero-order valence-corrected chi connectivity index (χ0v) is 24.0. The molecule has 0 N–H and O–H groups in total. The summed E-state index contributed by atoms with van der Waals surface area (Å²) in [6, 6.07) is 16.9. The Kier molecular flexibility index (Phi) is 9.73. The Balaban J connectivity index is 1.65. The summed E-state index contributed by atoms with van der Waals surface area (Å²) < 4.78 is 22.5. The van der Waals surface area contributed by atoms with E-state index in [1.165, 1.54) is 6.08 Å². The second-order valence-corrected chi connectivity index (χ2v) is 11.9. The number of carbonyl (C=O) groups excluding carboxylic acids is 2. The molecule has 3 rings (SSSR count). The third-order valence-electron chi connectivity index (χ3n) is 5.42. The number of ether oxygens (including phenoxy) is 3. The van der Waals surface area contributed by atoms with E-state index in [4.69, 9.17) is 18.6 Å². The van der Waals surface area contributed by atoms with Gasteiger partial charge in [0.05, 0.1) is 25.5 Å². The first-order chi connectivity index (χ1) is 18.3. The molecule has 0 spiro atoms. The molecule has 0 atom stereocenters. The SMILES string of the molecule is Cc1oc(-c2ccccc2)nc1CCOc1ccc(C=C(C(=O)OCC(C)(C)C)C(=O)OCC(C)(C)C)cc1. The number of esters is 2. The normalized spacial score (nSPS) is 11.6. The molecule has 0 radical (unpaired) electrons. The van der Waals surface area contributed by atoms with E-state index in [9.17, 15) is 9.59 Å². The van der Waals surface area contributed by atoms with Crippen molar-refractivity contribution in [2.45, 2.75) is 54.9 Å². The van der Waals surface area contributed by atoms with E-state index in [2.05, 4.69) is 4.98 Å². The van der Waals surface area contributed by atoms with Crippen molar-refractivity contribution in [1.29, 1.82) is 0 Å². The molecule has 0 saturated heterocycles. The minimum Gasteiger partial charge on any atom is -0.493 e. The molecule has 3 aromatic rings. The van der Waals surface area contributed by atoms with E-state index in [0.29, 0.717) is 30.2 Å². The molecule has 0 bridgehead atoms. The molecule has 0 aliphatic heterocycles. The van der Waals surface area contributed by atoms with Crippen molar-refractivity contribution >= 4 is 18.0 Å². The first-order valence-corrected chi connectivity index (χ1v) is 13.1. The van der Waals surface area contributed by atoms with Crippen LogP contribution in [-0.2, 0) is 25.5 Å². The number of aromatic nitrogens is 1. The van der Waals surface area contributed by atoms with Crippen LogP contribution in [0.5, 0.6) is 5.75 Å². The van der Waals surface area contributed by atoms with Gasteiger partial charge < -0.3 is 18.6 Å². The van der Waals surface area contributed by atoms with E-state index in [1.807, 2.05) is 78.8 Å². The fourth-order valence-corrected chi connectivity index (χ4v) is 3.38. The van der Waals surface area contributed by atoms with Crippen LogP contribution in [-0.4, -0.2) is 36.7 Å². The Morgan fingerprint density at radius 1 is 0.846 bits per heavy atom. The first-order valence-electron chi connectivity index (χ1n) is 13.1. The molecule has 208 valence electrons. The highest BCUT2D eigenvalue weighted by Crippen LogP contribution is 2.23. The van der Waals surface area contributed by atoms with Crippen LogP contribution >= 0.6 is 0 Å². The average molecular weight is 534 g/mol. The number of nitrogens with zero attached hydrogens (tertiary/aromatic N) is 1. The molecule has 2 aromatic carbocycles. The Morgan fingerprint density at radius 2 is 1.41 bits per heavy atom. The topological polar surface area (TPSA) is 87.9 Å². The predicted octanol–water partition coefficient (Wildman–Crippen LogP) is 6.83. The van der Waals surface area contributed by atoms with Crippen molar-refractivity contribution < 1.29 is 28.2 Å². The molecule has 0 amide bonds. The summed E-state index contributed by atoms with van der Waals surface area (Å²) in [7, 11) is 0. The van der Waals surface area contributed by atoms with Crippen molar-refractivity contribution in [3.63, 3.8) is 0 Å². The highest BCUT2D eigenvalue weighted by Gasteiger charge is 2.25. The van der Waals surface area contributed by atoms with Crippen LogP contribution in [0.4, 0.5) is 0 Å². The van der Waals surface area contributed by atoms with Crippen molar-refractivity contribution in [3.8, 4) is 17.2 Å². The maximum Gasteiger partial charge on any atom is 0.345 e. The molecule has 7 nitrogen and oxygen atoms in total. The van der Waals surface area contributed by atoms with E-state index < -0.39 is 11.9 Å². The van der Waals surface area contributed by atoms with Crippen LogP contribution in [0, 0.1) is 17.8 Å². The van der Waals surface area contributed by atoms with Gasteiger partial charge in [-0.05, 0) is 53.7 Å². The molecular formula is C32H39NO6. The third-order valence-corrected chi connectivity index (χ3v) is 5.42. The minimum atomic E-state index is -0.706. The molecule has 0 aliphatic rings. The Bertz CT molecular complexity index is 1240. The number of aryl methyl sites for hydroxylation is 1. The van der Waals surface area contributed by atoms with Crippen molar-refractivity contribution in [1.82, 2.24) is 4.98 Å². The largest absolute Gasteiger partial charge is 0.493 e. The standard InChI is InChI=1S/C32H39NO6/c1-22-27(33-28(39-22)24-11-9-8-10-12-24)17-18-36-25-15-13-23(14-16-25)19-26(29(34)37-20-31(2,3)4)30(35)38-21-32(5,6)7/h8-16,19H,17-18,20-21H2,1-7H3. The molecule has 1 heterocycles. The van der Waals surface area contributed by atoms with Gasteiger partial charge in [-0.15, -0.1) is 0 Å². The van der Waals surface area contributed by atoms with E-state index in [0.717, 1.165) is 17.0 Å². The fourth-order valence-electron chi connectivity index (χ4n) is 3.38. The molecule has 0 aliphatic carbocycles. The van der Waals surface area contributed by atoms with Gasteiger partial charge in [0.1, 0.15) is 17.1 Å². The molecule has 0 unspecified atom stereocenters. The lowest BCUT2D eigenvalue weighted by Gasteiger charge is -2.20. The van der Waals surface area contributed by atoms with Crippen LogP contribution in [0.15, 0.2) is 64.6 Å². The van der Waals surface area contributed by atoms with Crippen molar-refractivity contribution in [3.05, 3.63) is 77.2 Å². The minimum absolute atomic E-state index is 0.145. The van der Waals surface area contributed by atoms with E-state index >= 15 is 0 Å². The monoisotopic (exact) mass is 533 g/mol. The van der Waals surface area contributed by atoms with Crippen molar-refractivity contribution in [2.75, 3.05) is 19.8 Å². The number of benzene rings is 2. The summed E-state index contributed by atoms with van der Waals surface area (Å²) in [5.74, 6) is 0.604. The second-order valence-electron chi connectivity index (χ2n) is 11.9. The second kappa shape index (κ2) is 12.8.